The Bertz CT molecular complexity index is 291. The molecule has 3 nitrogen and oxygen atoms in total. The molecule has 1 aliphatic carbocycles. The topological polar surface area (TPSA) is 37.8 Å². The van der Waals surface area contributed by atoms with Crippen molar-refractivity contribution in [1.82, 2.24) is 9.97 Å². The molecule has 1 heterocycles. The highest BCUT2D eigenvalue weighted by Crippen LogP contribution is 2.30. The van der Waals surface area contributed by atoms with Gasteiger partial charge in [-0.2, -0.15) is 11.8 Å². The third-order valence-corrected chi connectivity index (χ3v) is 3.92. The third kappa shape index (κ3) is 3.09. The normalized spacial score (nSPS) is 25.4. The second-order valence-electron chi connectivity index (χ2n) is 3.80. The molecule has 1 aromatic rings. The van der Waals surface area contributed by atoms with Gasteiger partial charge in [0.2, 0.25) is 5.95 Å². The molecule has 1 N–H and O–H groups in total. The van der Waals surface area contributed by atoms with E-state index in [1.54, 1.807) is 12.4 Å². The van der Waals surface area contributed by atoms with E-state index in [1.165, 1.54) is 25.0 Å². The van der Waals surface area contributed by atoms with Gasteiger partial charge in [-0.25, -0.2) is 9.97 Å². The zero-order valence-corrected chi connectivity index (χ0v) is 9.83. The molecule has 0 spiro atoms. The summed E-state index contributed by atoms with van der Waals surface area (Å²) in [5, 5.41) is 4.22. The predicted octanol–water partition coefficient (Wildman–Crippen LogP) is 2.56. The molecule has 2 rings (SSSR count). The van der Waals surface area contributed by atoms with Crippen molar-refractivity contribution in [1.29, 1.82) is 0 Å². The van der Waals surface area contributed by atoms with Gasteiger partial charge in [0.15, 0.2) is 0 Å². The van der Waals surface area contributed by atoms with E-state index < -0.39 is 0 Å². The van der Waals surface area contributed by atoms with Crippen LogP contribution in [-0.2, 0) is 0 Å². The van der Waals surface area contributed by atoms with Crippen LogP contribution in [0.3, 0.4) is 0 Å². The van der Waals surface area contributed by atoms with Gasteiger partial charge in [0, 0.05) is 23.7 Å². The monoisotopic (exact) mass is 223 g/mol. The van der Waals surface area contributed by atoms with Crippen molar-refractivity contribution in [2.24, 2.45) is 0 Å². The maximum Gasteiger partial charge on any atom is 0.222 e. The van der Waals surface area contributed by atoms with Crippen molar-refractivity contribution in [3.05, 3.63) is 18.5 Å². The molecule has 0 radical (unpaired) electrons. The molecule has 4 heteroatoms. The Labute approximate surface area is 95.1 Å². The zero-order chi connectivity index (χ0) is 10.5. The van der Waals surface area contributed by atoms with Crippen LogP contribution >= 0.6 is 11.8 Å². The van der Waals surface area contributed by atoms with E-state index >= 15 is 0 Å². The van der Waals surface area contributed by atoms with Crippen LogP contribution in [0.1, 0.15) is 26.2 Å². The van der Waals surface area contributed by atoms with Crippen LogP contribution in [0.25, 0.3) is 0 Å². The van der Waals surface area contributed by atoms with E-state index in [0.717, 1.165) is 11.2 Å². The predicted molar refractivity (Wildman–Crippen MR) is 65.2 cm³/mol. The molecule has 0 saturated heterocycles. The molecule has 2 unspecified atom stereocenters. The lowest BCUT2D eigenvalue weighted by Crippen LogP contribution is -2.17. The van der Waals surface area contributed by atoms with Gasteiger partial charge in [-0.15, -0.1) is 0 Å². The SMILES string of the molecule is CCSC1CCC(Nc2ncccn2)C1. The van der Waals surface area contributed by atoms with E-state index in [2.05, 4.69) is 34.0 Å². The molecule has 0 amide bonds. The quantitative estimate of drug-likeness (QED) is 0.851. The summed E-state index contributed by atoms with van der Waals surface area (Å²) >= 11 is 2.07. The van der Waals surface area contributed by atoms with Crippen molar-refractivity contribution in [2.75, 3.05) is 11.1 Å². The van der Waals surface area contributed by atoms with Gasteiger partial charge in [0.05, 0.1) is 0 Å². The summed E-state index contributed by atoms with van der Waals surface area (Å²) in [7, 11) is 0. The van der Waals surface area contributed by atoms with E-state index in [1.807, 2.05) is 6.07 Å². The molecule has 1 aliphatic rings. The Morgan fingerprint density at radius 2 is 2.20 bits per heavy atom. The number of hydrogen-bond acceptors (Lipinski definition) is 4. The number of nitrogens with zero attached hydrogens (tertiary/aromatic N) is 2. The fourth-order valence-corrected chi connectivity index (χ4v) is 3.16. The van der Waals surface area contributed by atoms with Gasteiger partial charge in [-0.1, -0.05) is 6.92 Å². The second kappa shape index (κ2) is 5.35. The van der Waals surface area contributed by atoms with E-state index in [9.17, 15) is 0 Å². The van der Waals surface area contributed by atoms with Crippen LogP contribution in [0.15, 0.2) is 18.5 Å². The first-order valence-electron chi connectivity index (χ1n) is 5.53. The summed E-state index contributed by atoms with van der Waals surface area (Å²) in [6.45, 7) is 2.23. The molecular formula is C11H17N3S. The number of aromatic nitrogens is 2. The Kier molecular flexibility index (Phi) is 3.83. The van der Waals surface area contributed by atoms with E-state index in [0.29, 0.717) is 6.04 Å². The number of nitrogens with one attached hydrogen (secondary N) is 1. The lowest BCUT2D eigenvalue weighted by molar-refractivity contribution is 0.745. The first-order chi connectivity index (χ1) is 7.38. The summed E-state index contributed by atoms with van der Waals surface area (Å²) in [4.78, 5) is 8.37. The highest BCUT2D eigenvalue weighted by Gasteiger charge is 2.24. The van der Waals surface area contributed by atoms with Crippen molar-refractivity contribution < 1.29 is 0 Å². The van der Waals surface area contributed by atoms with Crippen LogP contribution in [-0.4, -0.2) is 27.0 Å². The van der Waals surface area contributed by atoms with Crippen molar-refractivity contribution in [3.63, 3.8) is 0 Å². The van der Waals surface area contributed by atoms with E-state index in [-0.39, 0.29) is 0 Å². The van der Waals surface area contributed by atoms with Crippen molar-refractivity contribution in [2.45, 2.75) is 37.5 Å². The van der Waals surface area contributed by atoms with Gasteiger partial charge in [0.1, 0.15) is 0 Å². The molecular weight excluding hydrogens is 206 g/mol. The zero-order valence-electron chi connectivity index (χ0n) is 9.02. The van der Waals surface area contributed by atoms with Crippen LogP contribution in [0.4, 0.5) is 5.95 Å². The van der Waals surface area contributed by atoms with Gasteiger partial charge in [-0.3, -0.25) is 0 Å². The minimum atomic E-state index is 0.566. The Morgan fingerprint density at radius 1 is 1.40 bits per heavy atom. The summed E-state index contributed by atoms with van der Waals surface area (Å²) in [6, 6.07) is 2.41. The second-order valence-corrected chi connectivity index (χ2v) is 5.38. The summed E-state index contributed by atoms with van der Waals surface area (Å²) < 4.78 is 0. The fraction of sp³-hybridized carbons (Fsp3) is 0.636. The van der Waals surface area contributed by atoms with E-state index in [4.69, 9.17) is 0 Å². The van der Waals surface area contributed by atoms with Gasteiger partial charge >= 0.3 is 0 Å². The minimum absolute atomic E-state index is 0.566. The molecule has 15 heavy (non-hydrogen) atoms. The molecule has 2 atom stereocenters. The molecule has 1 aromatic heterocycles. The largest absolute Gasteiger partial charge is 0.351 e. The lowest BCUT2D eigenvalue weighted by atomic mass is 10.2. The first-order valence-corrected chi connectivity index (χ1v) is 6.58. The highest BCUT2D eigenvalue weighted by molar-refractivity contribution is 7.99. The van der Waals surface area contributed by atoms with Gasteiger partial charge in [0.25, 0.3) is 0 Å². The molecule has 0 aromatic carbocycles. The Hall–Kier alpha value is -0.770. The molecule has 0 aliphatic heterocycles. The Morgan fingerprint density at radius 3 is 2.93 bits per heavy atom. The van der Waals surface area contributed by atoms with Crippen LogP contribution in [0.5, 0.6) is 0 Å². The molecule has 1 fully saturated rings. The van der Waals surface area contributed by atoms with Crippen molar-refractivity contribution >= 4 is 17.7 Å². The number of hydrogen-bond donors (Lipinski definition) is 1. The smallest absolute Gasteiger partial charge is 0.222 e. The summed E-state index contributed by atoms with van der Waals surface area (Å²) in [5.41, 5.74) is 0. The van der Waals surface area contributed by atoms with Crippen molar-refractivity contribution in [3.8, 4) is 0 Å². The number of rotatable bonds is 4. The number of thioether (sulfide) groups is 1. The summed E-state index contributed by atoms with van der Waals surface area (Å²) in [6.07, 6.45) is 7.38. The lowest BCUT2D eigenvalue weighted by Gasteiger charge is -2.12. The standard InChI is InChI=1S/C11H17N3S/c1-2-15-10-5-4-9(8-10)14-11-12-6-3-7-13-11/h3,6-7,9-10H,2,4-5,8H2,1H3,(H,12,13,14). The first kappa shape index (κ1) is 10.7. The summed E-state index contributed by atoms with van der Waals surface area (Å²) in [5.74, 6) is 1.99. The maximum absolute atomic E-state index is 4.18. The molecule has 0 bridgehead atoms. The molecule has 1 saturated carbocycles. The average molecular weight is 223 g/mol. The van der Waals surface area contributed by atoms with Crippen LogP contribution in [0.2, 0.25) is 0 Å². The maximum atomic E-state index is 4.18. The highest BCUT2D eigenvalue weighted by atomic mass is 32.2. The fourth-order valence-electron chi connectivity index (χ4n) is 2.01. The van der Waals surface area contributed by atoms with Crippen LogP contribution in [0, 0.1) is 0 Å². The van der Waals surface area contributed by atoms with Crippen LogP contribution < -0.4 is 5.32 Å². The minimum Gasteiger partial charge on any atom is -0.351 e. The number of anilines is 1. The average Bonchev–Trinajstić information content (AvgIpc) is 2.68. The van der Waals surface area contributed by atoms with Gasteiger partial charge < -0.3 is 5.32 Å². The Balaban J connectivity index is 1.82. The third-order valence-electron chi connectivity index (χ3n) is 2.69. The molecule has 82 valence electrons. The van der Waals surface area contributed by atoms with Gasteiger partial charge in [-0.05, 0) is 31.1 Å².